The van der Waals surface area contributed by atoms with Crippen molar-refractivity contribution in [1.29, 1.82) is 0 Å². The van der Waals surface area contributed by atoms with E-state index in [9.17, 15) is 4.79 Å². The first kappa shape index (κ1) is 18.7. The molecule has 26 heavy (non-hydrogen) atoms. The van der Waals surface area contributed by atoms with Gasteiger partial charge in [0.2, 0.25) is 0 Å². The molecule has 0 spiro atoms. The summed E-state index contributed by atoms with van der Waals surface area (Å²) in [7, 11) is 0. The molecule has 1 heterocycles. The Morgan fingerprint density at radius 2 is 1.69 bits per heavy atom. The third kappa shape index (κ3) is 3.83. The van der Waals surface area contributed by atoms with Crippen LogP contribution >= 0.6 is 0 Å². The van der Waals surface area contributed by atoms with Crippen LogP contribution in [0.2, 0.25) is 0 Å². The molecule has 0 N–H and O–H groups in total. The quantitative estimate of drug-likeness (QED) is 0.753. The third-order valence-electron chi connectivity index (χ3n) is 5.05. The van der Waals surface area contributed by atoms with Crippen LogP contribution in [0, 0.1) is 6.92 Å². The maximum Gasteiger partial charge on any atom is 0.323 e. The van der Waals surface area contributed by atoms with E-state index >= 15 is 0 Å². The van der Waals surface area contributed by atoms with E-state index in [0.29, 0.717) is 0 Å². The fourth-order valence-corrected chi connectivity index (χ4v) is 3.77. The Hall–Kier alpha value is -2.13. The Kier molecular flexibility index (Phi) is 5.19. The van der Waals surface area contributed by atoms with E-state index in [-0.39, 0.29) is 18.1 Å². The van der Waals surface area contributed by atoms with E-state index in [1.165, 1.54) is 22.3 Å². The molecule has 3 heteroatoms. The average molecular weight is 351 g/mol. The molecule has 2 aromatic carbocycles. The molecule has 138 valence electrons. The van der Waals surface area contributed by atoms with Crippen molar-refractivity contribution in [1.82, 2.24) is 4.90 Å². The largest absolute Gasteiger partial charge is 0.459 e. The van der Waals surface area contributed by atoms with Crippen LogP contribution in [-0.4, -0.2) is 29.1 Å². The molecule has 2 aromatic rings. The topological polar surface area (TPSA) is 29.5 Å². The Balaban J connectivity index is 2.02. The normalized spacial score (nSPS) is 18.9. The van der Waals surface area contributed by atoms with Crippen LogP contribution < -0.4 is 0 Å². The Labute approximate surface area is 157 Å². The van der Waals surface area contributed by atoms with Crippen LogP contribution in [0.25, 0.3) is 0 Å². The zero-order chi connectivity index (χ0) is 18.9. The highest BCUT2D eigenvalue weighted by molar-refractivity contribution is 5.76. The number of fused-ring (bicyclic) bond motifs is 1. The monoisotopic (exact) mass is 351 g/mol. The maximum atomic E-state index is 12.8. The van der Waals surface area contributed by atoms with Gasteiger partial charge in [-0.15, -0.1) is 0 Å². The van der Waals surface area contributed by atoms with Crippen LogP contribution in [-0.2, 0) is 16.0 Å². The number of carbonyl (C=O) groups is 1. The fraction of sp³-hybridized carbons (Fsp3) is 0.435. The lowest BCUT2D eigenvalue weighted by Crippen LogP contribution is -2.47. The zero-order valence-corrected chi connectivity index (χ0v) is 16.5. The first-order valence-electron chi connectivity index (χ1n) is 9.40. The standard InChI is InChI=1S/C23H29NO2/c1-16-10-6-8-12-19(16)21-20-13-9-7-11-18(20)14-15-24(21)17(2)22(25)26-23(3,4)5/h6-13,17,21H,14-15H2,1-5H3/t17-,21?/m0/s1. The number of esters is 1. The van der Waals surface area contributed by atoms with Crippen LogP contribution in [0.1, 0.15) is 56.0 Å². The number of hydrogen-bond donors (Lipinski definition) is 0. The molecule has 0 saturated heterocycles. The zero-order valence-electron chi connectivity index (χ0n) is 16.5. The van der Waals surface area contributed by atoms with Gasteiger partial charge >= 0.3 is 5.97 Å². The molecule has 0 aliphatic carbocycles. The number of aryl methyl sites for hydroxylation is 1. The average Bonchev–Trinajstić information content (AvgIpc) is 2.59. The van der Waals surface area contributed by atoms with Gasteiger partial charge in [-0.3, -0.25) is 9.69 Å². The second-order valence-electron chi connectivity index (χ2n) is 8.16. The first-order valence-corrected chi connectivity index (χ1v) is 9.40. The molecule has 0 saturated carbocycles. The molecule has 1 aliphatic heterocycles. The molecule has 0 bridgehead atoms. The molecule has 2 atom stereocenters. The SMILES string of the molecule is Cc1ccccc1C1c2ccccc2CCN1[C@@H](C)C(=O)OC(C)(C)C. The molecule has 0 aromatic heterocycles. The van der Waals surface area contributed by atoms with Crippen LogP contribution in [0.3, 0.4) is 0 Å². The van der Waals surface area contributed by atoms with Gasteiger partial charge in [0.1, 0.15) is 11.6 Å². The van der Waals surface area contributed by atoms with Crippen molar-refractivity contribution >= 4 is 5.97 Å². The number of carbonyl (C=O) groups excluding carboxylic acids is 1. The second kappa shape index (κ2) is 7.24. The van der Waals surface area contributed by atoms with Crippen molar-refractivity contribution in [2.45, 2.75) is 58.7 Å². The van der Waals surface area contributed by atoms with E-state index < -0.39 is 5.60 Å². The highest BCUT2D eigenvalue weighted by atomic mass is 16.6. The van der Waals surface area contributed by atoms with E-state index in [2.05, 4.69) is 60.4 Å². The van der Waals surface area contributed by atoms with Gasteiger partial charge < -0.3 is 4.74 Å². The van der Waals surface area contributed by atoms with Crippen molar-refractivity contribution in [3.63, 3.8) is 0 Å². The third-order valence-corrected chi connectivity index (χ3v) is 5.05. The Bertz CT molecular complexity index is 791. The molecular formula is C23H29NO2. The van der Waals surface area contributed by atoms with E-state index in [1.54, 1.807) is 0 Å². The number of hydrogen-bond acceptors (Lipinski definition) is 3. The predicted octanol–water partition coefficient (Wildman–Crippen LogP) is 4.67. The smallest absolute Gasteiger partial charge is 0.323 e. The number of ether oxygens (including phenoxy) is 1. The van der Waals surface area contributed by atoms with Crippen LogP contribution in [0.5, 0.6) is 0 Å². The number of benzene rings is 2. The lowest BCUT2D eigenvalue weighted by molar-refractivity contribution is -0.161. The second-order valence-corrected chi connectivity index (χ2v) is 8.16. The molecule has 3 nitrogen and oxygen atoms in total. The van der Waals surface area contributed by atoms with Crippen LogP contribution in [0.4, 0.5) is 0 Å². The lowest BCUT2D eigenvalue weighted by Gasteiger charge is -2.41. The summed E-state index contributed by atoms with van der Waals surface area (Å²) in [6.45, 7) is 10.7. The van der Waals surface area contributed by atoms with Gasteiger partial charge in [0.25, 0.3) is 0 Å². The molecule has 0 amide bonds. The van der Waals surface area contributed by atoms with Crippen molar-refractivity contribution in [3.05, 3.63) is 70.8 Å². The molecule has 0 radical (unpaired) electrons. The van der Waals surface area contributed by atoms with Gasteiger partial charge in [-0.2, -0.15) is 0 Å². The van der Waals surface area contributed by atoms with Crippen molar-refractivity contribution in [3.8, 4) is 0 Å². The summed E-state index contributed by atoms with van der Waals surface area (Å²) in [5.74, 6) is -0.157. The lowest BCUT2D eigenvalue weighted by atomic mass is 9.85. The van der Waals surface area contributed by atoms with Gasteiger partial charge in [0, 0.05) is 6.54 Å². The summed E-state index contributed by atoms with van der Waals surface area (Å²) in [6, 6.07) is 16.8. The van der Waals surface area contributed by atoms with Gasteiger partial charge in [-0.25, -0.2) is 0 Å². The van der Waals surface area contributed by atoms with Crippen molar-refractivity contribution in [2.24, 2.45) is 0 Å². The minimum absolute atomic E-state index is 0.0728. The number of nitrogens with zero attached hydrogens (tertiary/aromatic N) is 1. The van der Waals surface area contributed by atoms with Crippen LogP contribution in [0.15, 0.2) is 48.5 Å². The maximum absolute atomic E-state index is 12.8. The summed E-state index contributed by atoms with van der Waals surface area (Å²) in [4.78, 5) is 15.1. The van der Waals surface area contributed by atoms with Crippen molar-refractivity contribution in [2.75, 3.05) is 6.54 Å². The van der Waals surface area contributed by atoms with Gasteiger partial charge in [-0.05, 0) is 63.3 Å². The van der Waals surface area contributed by atoms with Gasteiger partial charge in [0.05, 0.1) is 6.04 Å². The van der Waals surface area contributed by atoms with E-state index in [4.69, 9.17) is 4.74 Å². The highest BCUT2D eigenvalue weighted by Crippen LogP contribution is 2.38. The van der Waals surface area contributed by atoms with E-state index in [1.807, 2.05) is 27.7 Å². The number of rotatable bonds is 3. The minimum atomic E-state index is -0.475. The molecule has 1 aliphatic rings. The molecule has 0 fully saturated rings. The first-order chi connectivity index (χ1) is 12.3. The summed E-state index contributed by atoms with van der Waals surface area (Å²) in [5, 5.41) is 0. The Morgan fingerprint density at radius 1 is 1.08 bits per heavy atom. The fourth-order valence-electron chi connectivity index (χ4n) is 3.77. The van der Waals surface area contributed by atoms with Gasteiger partial charge in [-0.1, -0.05) is 48.5 Å². The highest BCUT2D eigenvalue weighted by Gasteiger charge is 2.36. The minimum Gasteiger partial charge on any atom is -0.459 e. The van der Waals surface area contributed by atoms with E-state index in [0.717, 1.165) is 13.0 Å². The molecule has 3 rings (SSSR count). The summed E-state index contributed by atoms with van der Waals surface area (Å²) in [6.07, 6.45) is 0.950. The summed E-state index contributed by atoms with van der Waals surface area (Å²) >= 11 is 0. The molecular weight excluding hydrogens is 322 g/mol. The molecule has 1 unspecified atom stereocenters. The van der Waals surface area contributed by atoms with Gasteiger partial charge in [0.15, 0.2) is 0 Å². The predicted molar refractivity (Wildman–Crippen MR) is 105 cm³/mol. The Morgan fingerprint density at radius 3 is 2.35 bits per heavy atom. The summed E-state index contributed by atoms with van der Waals surface area (Å²) < 4.78 is 5.67. The summed E-state index contributed by atoms with van der Waals surface area (Å²) in [5.41, 5.74) is 4.69. The van der Waals surface area contributed by atoms with Crippen molar-refractivity contribution < 1.29 is 9.53 Å².